The van der Waals surface area contributed by atoms with E-state index in [9.17, 15) is 4.79 Å². The van der Waals surface area contributed by atoms with Gasteiger partial charge >= 0.3 is 0 Å². The van der Waals surface area contributed by atoms with Crippen LogP contribution in [0.4, 0.5) is 0 Å². The standard InChI is InChI=1S/C16H31NO3S2/c1-11(2)19-9-14-7-15(20-12(3)4)8-17(14)16(18)10-21-22-13(5)6/h11-15H,7-10H2,1-6H3/t14?,15-/m1/s1. The van der Waals surface area contributed by atoms with Crippen LogP contribution in [-0.4, -0.2) is 59.3 Å². The second kappa shape index (κ2) is 10.1. The van der Waals surface area contributed by atoms with Crippen molar-refractivity contribution in [3.63, 3.8) is 0 Å². The number of amides is 1. The highest BCUT2D eigenvalue weighted by Crippen LogP contribution is 2.28. The molecule has 1 aliphatic rings. The molecule has 1 heterocycles. The van der Waals surface area contributed by atoms with Crippen molar-refractivity contribution in [3.05, 3.63) is 0 Å². The highest BCUT2D eigenvalue weighted by atomic mass is 33.1. The van der Waals surface area contributed by atoms with E-state index in [1.54, 1.807) is 21.6 Å². The number of carbonyl (C=O) groups excluding carboxylic acids is 1. The normalized spacial score (nSPS) is 22.3. The van der Waals surface area contributed by atoms with Crippen molar-refractivity contribution in [2.45, 2.75) is 77.6 Å². The lowest BCUT2D eigenvalue weighted by Gasteiger charge is -2.25. The molecule has 4 nitrogen and oxygen atoms in total. The monoisotopic (exact) mass is 349 g/mol. The summed E-state index contributed by atoms with van der Waals surface area (Å²) in [7, 11) is 3.40. The van der Waals surface area contributed by atoms with Crippen LogP contribution in [0.3, 0.4) is 0 Å². The van der Waals surface area contributed by atoms with E-state index in [4.69, 9.17) is 9.47 Å². The van der Waals surface area contributed by atoms with Crippen molar-refractivity contribution in [3.8, 4) is 0 Å². The zero-order valence-electron chi connectivity index (χ0n) is 14.7. The summed E-state index contributed by atoms with van der Waals surface area (Å²) in [5, 5.41) is 0.536. The van der Waals surface area contributed by atoms with Gasteiger partial charge in [-0.15, -0.1) is 0 Å². The molecule has 1 amide bonds. The Morgan fingerprint density at radius 3 is 2.41 bits per heavy atom. The van der Waals surface area contributed by atoms with Gasteiger partial charge in [-0.1, -0.05) is 35.4 Å². The Morgan fingerprint density at radius 1 is 1.18 bits per heavy atom. The van der Waals surface area contributed by atoms with Crippen molar-refractivity contribution in [1.82, 2.24) is 4.90 Å². The maximum Gasteiger partial charge on any atom is 0.233 e. The summed E-state index contributed by atoms with van der Waals surface area (Å²) in [6.45, 7) is 13.7. The van der Waals surface area contributed by atoms with E-state index in [0.29, 0.717) is 24.2 Å². The van der Waals surface area contributed by atoms with Crippen LogP contribution in [0.1, 0.15) is 48.0 Å². The molecular weight excluding hydrogens is 318 g/mol. The summed E-state index contributed by atoms with van der Waals surface area (Å²) in [5.41, 5.74) is 0. The molecule has 6 heteroatoms. The van der Waals surface area contributed by atoms with Crippen LogP contribution in [0, 0.1) is 0 Å². The lowest BCUT2D eigenvalue weighted by molar-refractivity contribution is -0.131. The van der Waals surface area contributed by atoms with E-state index < -0.39 is 0 Å². The zero-order valence-corrected chi connectivity index (χ0v) is 16.3. The molecule has 0 aromatic heterocycles. The smallest absolute Gasteiger partial charge is 0.233 e. The number of rotatable bonds is 9. The molecule has 130 valence electrons. The van der Waals surface area contributed by atoms with Crippen LogP contribution >= 0.6 is 21.6 Å². The Balaban J connectivity index is 2.54. The maximum absolute atomic E-state index is 12.5. The van der Waals surface area contributed by atoms with Gasteiger partial charge in [0.05, 0.1) is 36.7 Å². The molecule has 1 rings (SSSR count). The van der Waals surface area contributed by atoms with Crippen LogP contribution in [0.2, 0.25) is 0 Å². The number of hydrogen-bond donors (Lipinski definition) is 0. The van der Waals surface area contributed by atoms with E-state index in [-0.39, 0.29) is 30.3 Å². The van der Waals surface area contributed by atoms with Gasteiger partial charge in [-0.2, -0.15) is 0 Å². The van der Waals surface area contributed by atoms with Gasteiger partial charge in [0.1, 0.15) is 0 Å². The Kier molecular flexibility index (Phi) is 9.21. The predicted octanol–water partition coefficient (Wildman–Crippen LogP) is 3.60. The number of ether oxygens (including phenoxy) is 2. The molecule has 0 N–H and O–H groups in total. The first-order chi connectivity index (χ1) is 10.3. The van der Waals surface area contributed by atoms with Gasteiger partial charge in [0.25, 0.3) is 0 Å². The van der Waals surface area contributed by atoms with Crippen molar-refractivity contribution in [1.29, 1.82) is 0 Å². The van der Waals surface area contributed by atoms with E-state index in [2.05, 4.69) is 13.8 Å². The van der Waals surface area contributed by atoms with E-state index in [0.717, 1.165) is 6.42 Å². The highest BCUT2D eigenvalue weighted by molar-refractivity contribution is 8.77. The van der Waals surface area contributed by atoms with Crippen molar-refractivity contribution >= 4 is 27.5 Å². The molecule has 0 spiro atoms. The number of hydrogen-bond acceptors (Lipinski definition) is 5. The Labute approximate surface area is 143 Å². The van der Waals surface area contributed by atoms with Crippen molar-refractivity contribution in [2.75, 3.05) is 18.9 Å². The predicted molar refractivity (Wildman–Crippen MR) is 96.4 cm³/mol. The van der Waals surface area contributed by atoms with Gasteiger partial charge < -0.3 is 14.4 Å². The minimum absolute atomic E-state index is 0.132. The van der Waals surface area contributed by atoms with E-state index >= 15 is 0 Å². The van der Waals surface area contributed by atoms with Gasteiger partial charge in [0, 0.05) is 11.8 Å². The molecule has 1 unspecified atom stereocenters. The molecule has 0 aromatic rings. The summed E-state index contributed by atoms with van der Waals surface area (Å²) in [6, 6.07) is 0.142. The molecule has 1 saturated heterocycles. The molecule has 1 aliphatic heterocycles. The minimum Gasteiger partial charge on any atom is -0.377 e. The number of carbonyl (C=O) groups is 1. The molecule has 0 saturated carbocycles. The third kappa shape index (κ3) is 7.57. The Bertz CT molecular complexity index is 337. The van der Waals surface area contributed by atoms with Crippen molar-refractivity contribution in [2.24, 2.45) is 0 Å². The van der Waals surface area contributed by atoms with Crippen LogP contribution < -0.4 is 0 Å². The summed E-state index contributed by atoms with van der Waals surface area (Å²) < 4.78 is 11.7. The molecule has 0 radical (unpaired) electrons. The fourth-order valence-corrected chi connectivity index (χ4v) is 4.36. The Hall–Kier alpha value is 0.0900. The van der Waals surface area contributed by atoms with Gasteiger partial charge in [0.2, 0.25) is 5.91 Å². The third-order valence-electron chi connectivity index (χ3n) is 3.23. The SMILES string of the molecule is CC(C)OCC1C[C@@H](OC(C)C)CN1C(=O)CSSC(C)C. The summed E-state index contributed by atoms with van der Waals surface area (Å²) >= 11 is 0. The average Bonchev–Trinajstić information content (AvgIpc) is 2.77. The third-order valence-corrected chi connectivity index (χ3v) is 6.03. The Morgan fingerprint density at radius 2 is 1.86 bits per heavy atom. The molecule has 0 aliphatic carbocycles. The second-order valence-corrected chi connectivity index (χ2v) is 9.48. The first-order valence-corrected chi connectivity index (χ1v) is 10.5. The van der Waals surface area contributed by atoms with Gasteiger partial charge in [-0.25, -0.2) is 0 Å². The quantitative estimate of drug-likeness (QED) is 0.595. The fraction of sp³-hybridized carbons (Fsp3) is 0.938. The minimum atomic E-state index is 0.132. The van der Waals surface area contributed by atoms with Crippen LogP contribution in [0.25, 0.3) is 0 Å². The largest absolute Gasteiger partial charge is 0.377 e. The van der Waals surface area contributed by atoms with Crippen LogP contribution in [0.15, 0.2) is 0 Å². The fourth-order valence-electron chi connectivity index (χ4n) is 2.43. The van der Waals surface area contributed by atoms with Crippen molar-refractivity contribution < 1.29 is 14.3 Å². The first-order valence-electron chi connectivity index (χ1n) is 8.14. The molecule has 22 heavy (non-hydrogen) atoms. The van der Waals surface area contributed by atoms with E-state index in [1.807, 2.05) is 32.6 Å². The summed E-state index contributed by atoms with van der Waals surface area (Å²) in [4.78, 5) is 14.5. The number of nitrogens with zero attached hydrogens (tertiary/aromatic N) is 1. The molecule has 0 aromatic carbocycles. The molecule has 1 fully saturated rings. The maximum atomic E-state index is 12.5. The topological polar surface area (TPSA) is 38.8 Å². The lowest BCUT2D eigenvalue weighted by atomic mass is 10.2. The van der Waals surface area contributed by atoms with Gasteiger partial charge in [-0.05, 0) is 34.1 Å². The molecular formula is C16H31NO3S2. The first kappa shape index (κ1) is 20.1. The molecule has 2 atom stereocenters. The van der Waals surface area contributed by atoms with E-state index in [1.165, 1.54) is 0 Å². The summed E-state index contributed by atoms with van der Waals surface area (Å²) in [6.07, 6.45) is 1.39. The number of likely N-dealkylation sites (tertiary alicyclic amines) is 1. The summed E-state index contributed by atoms with van der Waals surface area (Å²) in [5.74, 6) is 0.723. The zero-order chi connectivity index (χ0) is 16.7. The van der Waals surface area contributed by atoms with Gasteiger partial charge in [-0.3, -0.25) is 4.79 Å². The highest BCUT2D eigenvalue weighted by Gasteiger charge is 2.36. The van der Waals surface area contributed by atoms with Crippen LogP contribution in [0.5, 0.6) is 0 Å². The second-order valence-electron chi connectivity index (χ2n) is 6.53. The lowest BCUT2D eigenvalue weighted by Crippen LogP contribution is -2.40. The van der Waals surface area contributed by atoms with Crippen LogP contribution in [-0.2, 0) is 14.3 Å². The molecule has 0 bridgehead atoms. The average molecular weight is 350 g/mol. The van der Waals surface area contributed by atoms with Gasteiger partial charge in [0.15, 0.2) is 0 Å².